The summed E-state index contributed by atoms with van der Waals surface area (Å²) in [6, 6.07) is 8.78. The summed E-state index contributed by atoms with van der Waals surface area (Å²) < 4.78 is 4.83. The largest absolute Gasteiger partial charge is 0.465 e. The highest BCUT2D eigenvalue weighted by Crippen LogP contribution is 2.09. The van der Waals surface area contributed by atoms with Crippen molar-refractivity contribution in [3.63, 3.8) is 0 Å². The molecule has 0 saturated heterocycles. The number of nitrogens with two attached hydrogens (primary N) is 1. The molecule has 0 aliphatic carbocycles. The summed E-state index contributed by atoms with van der Waals surface area (Å²) in [5, 5.41) is 2.83. The van der Waals surface area contributed by atoms with Crippen LogP contribution in [0.4, 0.5) is 5.69 Å². The predicted molar refractivity (Wildman–Crippen MR) is 86.2 cm³/mol. The van der Waals surface area contributed by atoms with Gasteiger partial charge in [0.05, 0.1) is 6.61 Å². The summed E-state index contributed by atoms with van der Waals surface area (Å²) in [6.07, 6.45) is 0.998. The van der Waals surface area contributed by atoms with Crippen LogP contribution in [0.25, 0.3) is 0 Å². The van der Waals surface area contributed by atoms with Gasteiger partial charge in [0.1, 0.15) is 6.04 Å². The number of ether oxygens (including phenoxy) is 1. The molecule has 0 saturated carbocycles. The molecule has 1 rings (SSSR count). The Morgan fingerprint density at radius 1 is 1.29 bits per heavy atom. The molecule has 5 nitrogen and oxygen atoms in total. The van der Waals surface area contributed by atoms with Gasteiger partial charge in [0.15, 0.2) is 0 Å². The lowest BCUT2D eigenvalue weighted by atomic mass is 10.2. The van der Waals surface area contributed by atoms with E-state index in [-0.39, 0.29) is 11.9 Å². The number of nitrogens with one attached hydrogen (secondary N) is 1. The van der Waals surface area contributed by atoms with E-state index in [2.05, 4.69) is 5.32 Å². The van der Waals surface area contributed by atoms with Crippen molar-refractivity contribution >= 4 is 29.3 Å². The second-order valence-electron chi connectivity index (χ2n) is 4.42. The fraction of sp³-hybridized carbons (Fsp3) is 0.467. The van der Waals surface area contributed by atoms with E-state index in [4.69, 9.17) is 10.5 Å². The number of amides is 1. The van der Waals surface area contributed by atoms with Gasteiger partial charge in [0.25, 0.3) is 0 Å². The Hall–Kier alpha value is -1.53. The second-order valence-corrected chi connectivity index (χ2v) is 5.65. The predicted octanol–water partition coefficient (Wildman–Crippen LogP) is 2.03. The Bertz CT molecular complexity index is 440. The molecule has 1 unspecified atom stereocenters. The first-order valence-corrected chi connectivity index (χ1v) is 8.13. The maximum atomic E-state index is 11.7. The molecule has 21 heavy (non-hydrogen) atoms. The van der Waals surface area contributed by atoms with Crippen molar-refractivity contribution in [1.29, 1.82) is 0 Å². The van der Waals surface area contributed by atoms with E-state index in [9.17, 15) is 9.59 Å². The Balaban J connectivity index is 2.08. The van der Waals surface area contributed by atoms with Crippen LogP contribution in [-0.2, 0) is 14.3 Å². The summed E-state index contributed by atoms with van der Waals surface area (Å²) in [5.74, 6) is 1.07. The minimum absolute atomic E-state index is 0.0107. The number of thioether (sulfide) groups is 1. The van der Waals surface area contributed by atoms with E-state index >= 15 is 0 Å². The Labute approximate surface area is 129 Å². The maximum Gasteiger partial charge on any atom is 0.322 e. The topological polar surface area (TPSA) is 81.4 Å². The third-order valence-corrected chi connectivity index (χ3v) is 3.71. The molecule has 0 aliphatic rings. The van der Waals surface area contributed by atoms with Crippen LogP contribution in [0.3, 0.4) is 0 Å². The molecular formula is C15H22N2O3S. The summed E-state index contributed by atoms with van der Waals surface area (Å²) in [6.45, 7) is 2.10. The maximum absolute atomic E-state index is 11.7. The van der Waals surface area contributed by atoms with Gasteiger partial charge in [-0.2, -0.15) is 11.8 Å². The minimum atomic E-state index is -0.574. The first-order chi connectivity index (χ1) is 10.1. The number of carbonyl (C=O) groups is 2. The third-order valence-electron chi connectivity index (χ3n) is 2.69. The molecule has 1 aromatic carbocycles. The fourth-order valence-electron chi connectivity index (χ4n) is 1.59. The molecule has 0 radical (unpaired) electrons. The van der Waals surface area contributed by atoms with E-state index in [1.807, 2.05) is 30.3 Å². The molecule has 116 valence electrons. The number of para-hydroxylation sites is 1. The van der Waals surface area contributed by atoms with Crippen LogP contribution in [0.2, 0.25) is 0 Å². The SMILES string of the molecule is CCOC(=O)C(N)CCSCCC(=O)Nc1ccccc1. The summed E-state index contributed by atoms with van der Waals surface area (Å²) in [4.78, 5) is 23.0. The molecule has 0 aliphatic heterocycles. The van der Waals surface area contributed by atoms with Gasteiger partial charge in [-0.05, 0) is 31.2 Å². The lowest BCUT2D eigenvalue weighted by Gasteiger charge is -2.10. The van der Waals surface area contributed by atoms with Gasteiger partial charge in [-0.1, -0.05) is 18.2 Å². The zero-order valence-electron chi connectivity index (χ0n) is 12.2. The molecule has 0 aromatic heterocycles. The molecule has 0 spiro atoms. The normalized spacial score (nSPS) is 11.7. The van der Waals surface area contributed by atoms with E-state index < -0.39 is 6.04 Å². The zero-order valence-corrected chi connectivity index (χ0v) is 13.0. The number of hydrogen-bond donors (Lipinski definition) is 2. The standard InChI is InChI=1S/C15H22N2O3S/c1-2-20-15(19)13(16)8-10-21-11-9-14(18)17-12-6-4-3-5-7-12/h3-7,13H,2,8-11,16H2,1H3,(H,17,18). The number of rotatable bonds is 9. The lowest BCUT2D eigenvalue weighted by Crippen LogP contribution is -2.32. The number of anilines is 1. The highest BCUT2D eigenvalue weighted by Gasteiger charge is 2.13. The van der Waals surface area contributed by atoms with Crippen molar-refractivity contribution in [1.82, 2.24) is 0 Å². The van der Waals surface area contributed by atoms with E-state index in [1.54, 1.807) is 18.7 Å². The monoisotopic (exact) mass is 310 g/mol. The average Bonchev–Trinajstić information content (AvgIpc) is 2.48. The van der Waals surface area contributed by atoms with Gasteiger partial charge in [-0.3, -0.25) is 9.59 Å². The minimum Gasteiger partial charge on any atom is -0.465 e. The Kier molecular flexibility index (Phi) is 8.54. The average molecular weight is 310 g/mol. The van der Waals surface area contributed by atoms with Crippen LogP contribution < -0.4 is 11.1 Å². The van der Waals surface area contributed by atoms with Crippen LogP contribution in [-0.4, -0.2) is 36.0 Å². The smallest absolute Gasteiger partial charge is 0.322 e. The highest BCUT2D eigenvalue weighted by atomic mass is 32.2. The zero-order chi connectivity index (χ0) is 15.5. The summed E-state index contributed by atoms with van der Waals surface area (Å²) >= 11 is 1.61. The van der Waals surface area contributed by atoms with Gasteiger partial charge in [0, 0.05) is 17.9 Å². The van der Waals surface area contributed by atoms with E-state index in [0.29, 0.717) is 25.2 Å². The van der Waals surface area contributed by atoms with E-state index in [1.165, 1.54) is 0 Å². The first-order valence-electron chi connectivity index (χ1n) is 6.98. The van der Waals surface area contributed by atoms with Crippen molar-refractivity contribution < 1.29 is 14.3 Å². The van der Waals surface area contributed by atoms with Gasteiger partial charge < -0.3 is 15.8 Å². The molecule has 0 fully saturated rings. The molecule has 1 aromatic rings. The van der Waals surface area contributed by atoms with Crippen molar-refractivity contribution in [3.8, 4) is 0 Å². The molecule has 1 atom stereocenters. The molecule has 1 amide bonds. The van der Waals surface area contributed by atoms with Crippen molar-refractivity contribution in [2.75, 3.05) is 23.4 Å². The Morgan fingerprint density at radius 2 is 2.00 bits per heavy atom. The molecule has 6 heteroatoms. The van der Waals surface area contributed by atoms with Crippen molar-refractivity contribution in [2.24, 2.45) is 5.73 Å². The number of esters is 1. The van der Waals surface area contributed by atoms with Crippen LogP contribution in [0.15, 0.2) is 30.3 Å². The van der Waals surface area contributed by atoms with Crippen molar-refractivity contribution in [2.45, 2.75) is 25.8 Å². The first kappa shape index (κ1) is 17.5. The molecule has 0 heterocycles. The quantitative estimate of drug-likeness (QED) is 0.539. The molecule has 3 N–H and O–H groups in total. The van der Waals surface area contributed by atoms with Crippen LogP contribution in [0.5, 0.6) is 0 Å². The van der Waals surface area contributed by atoms with Crippen molar-refractivity contribution in [3.05, 3.63) is 30.3 Å². The fourth-order valence-corrected chi connectivity index (χ4v) is 2.54. The van der Waals surface area contributed by atoms with E-state index in [0.717, 1.165) is 11.4 Å². The number of carbonyl (C=O) groups excluding carboxylic acids is 2. The lowest BCUT2D eigenvalue weighted by molar-refractivity contribution is -0.144. The molecular weight excluding hydrogens is 288 g/mol. The van der Waals surface area contributed by atoms with Gasteiger partial charge in [-0.25, -0.2) is 0 Å². The number of hydrogen-bond acceptors (Lipinski definition) is 5. The van der Waals surface area contributed by atoms with Crippen LogP contribution in [0.1, 0.15) is 19.8 Å². The van der Waals surface area contributed by atoms with Crippen LogP contribution in [0, 0.1) is 0 Å². The molecule has 0 bridgehead atoms. The summed E-state index contributed by atoms with van der Waals surface area (Å²) in [7, 11) is 0. The summed E-state index contributed by atoms with van der Waals surface area (Å²) in [5.41, 5.74) is 6.48. The van der Waals surface area contributed by atoms with Gasteiger partial charge >= 0.3 is 5.97 Å². The third kappa shape index (κ3) is 7.72. The number of benzene rings is 1. The van der Waals surface area contributed by atoms with Gasteiger partial charge in [-0.15, -0.1) is 0 Å². The van der Waals surface area contributed by atoms with Crippen LogP contribution >= 0.6 is 11.8 Å². The Morgan fingerprint density at radius 3 is 2.67 bits per heavy atom. The van der Waals surface area contributed by atoms with Gasteiger partial charge in [0.2, 0.25) is 5.91 Å². The second kappa shape index (κ2) is 10.2. The highest BCUT2D eigenvalue weighted by molar-refractivity contribution is 7.99.